The Morgan fingerprint density at radius 1 is 1.52 bits per heavy atom. The second kappa shape index (κ2) is 7.31. The number of hydrogen-bond acceptors (Lipinski definition) is 5. The van der Waals surface area contributed by atoms with E-state index < -0.39 is 24.2 Å². The van der Waals surface area contributed by atoms with Gasteiger partial charge in [-0.2, -0.15) is 0 Å². The van der Waals surface area contributed by atoms with Crippen LogP contribution in [0.25, 0.3) is 10.4 Å². The first-order valence-corrected chi connectivity index (χ1v) is 7.09. The van der Waals surface area contributed by atoms with Gasteiger partial charge in [-0.3, -0.25) is 0 Å². The van der Waals surface area contributed by atoms with Crippen molar-refractivity contribution in [3.8, 4) is 5.75 Å². The van der Waals surface area contributed by atoms with Gasteiger partial charge in [0.05, 0.1) is 0 Å². The summed E-state index contributed by atoms with van der Waals surface area (Å²) in [5.41, 5.74) is 8.64. The van der Waals surface area contributed by atoms with Crippen LogP contribution in [0, 0.1) is 0 Å². The summed E-state index contributed by atoms with van der Waals surface area (Å²) in [6, 6.07) is 6.66. The van der Waals surface area contributed by atoms with E-state index in [-0.39, 0.29) is 6.61 Å². The van der Waals surface area contributed by atoms with Crippen molar-refractivity contribution in [2.75, 3.05) is 13.7 Å². The molecule has 1 saturated heterocycles. The molecule has 1 aliphatic rings. The zero-order valence-corrected chi connectivity index (χ0v) is 12.9. The van der Waals surface area contributed by atoms with E-state index in [1.54, 1.807) is 12.1 Å². The van der Waals surface area contributed by atoms with Crippen molar-refractivity contribution in [3.63, 3.8) is 0 Å². The molecule has 0 aliphatic carbocycles. The van der Waals surface area contributed by atoms with Crippen LogP contribution >= 0.6 is 15.9 Å². The van der Waals surface area contributed by atoms with Crippen molar-refractivity contribution in [1.29, 1.82) is 0 Å². The quantitative estimate of drug-likeness (QED) is 0.339. The molecule has 8 heteroatoms. The number of benzene rings is 1. The van der Waals surface area contributed by atoms with E-state index >= 15 is 0 Å². The smallest absolute Gasteiger partial charge is 0.335 e. The van der Waals surface area contributed by atoms with E-state index in [2.05, 4.69) is 26.0 Å². The fourth-order valence-corrected chi connectivity index (χ4v) is 2.27. The van der Waals surface area contributed by atoms with Crippen LogP contribution in [0.4, 0.5) is 0 Å². The molecular weight excluding hydrogens is 342 g/mol. The topological polar surface area (TPSA) is 93.5 Å². The maximum atomic E-state index is 11.5. The molecule has 1 aromatic rings. The molecule has 0 bridgehead atoms. The number of halogens is 1. The van der Waals surface area contributed by atoms with Gasteiger partial charge in [0.25, 0.3) is 0 Å². The van der Waals surface area contributed by atoms with E-state index in [4.69, 9.17) is 19.7 Å². The van der Waals surface area contributed by atoms with Gasteiger partial charge < -0.3 is 14.2 Å². The summed E-state index contributed by atoms with van der Waals surface area (Å²) < 4.78 is 16.7. The molecule has 0 aromatic heterocycles. The number of methoxy groups -OCH3 is 1. The lowest BCUT2D eigenvalue weighted by Gasteiger charge is -2.18. The van der Waals surface area contributed by atoms with Crippen LogP contribution in [0.1, 0.15) is 6.42 Å². The lowest BCUT2D eigenvalue weighted by molar-refractivity contribution is -0.149. The largest absolute Gasteiger partial charge is 0.493 e. The van der Waals surface area contributed by atoms with Crippen molar-refractivity contribution < 1.29 is 19.0 Å². The Balaban J connectivity index is 1.98. The number of carbonyl (C=O) groups is 1. The molecule has 7 nitrogen and oxygen atoms in total. The van der Waals surface area contributed by atoms with Gasteiger partial charge in [-0.1, -0.05) is 21.0 Å². The van der Waals surface area contributed by atoms with Crippen molar-refractivity contribution in [2.24, 2.45) is 5.11 Å². The van der Waals surface area contributed by atoms with Crippen LogP contribution in [0.5, 0.6) is 5.75 Å². The van der Waals surface area contributed by atoms with Crippen LogP contribution in [0.2, 0.25) is 0 Å². The number of rotatable bonds is 6. The SMILES string of the molecule is CO[C@@H]1C[C@@H]([C@H](COc2ccc(Br)cc2)N=[N+]=[N-])OC1=O. The number of esters is 1. The summed E-state index contributed by atoms with van der Waals surface area (Å²) in [5, 5.41) is 3.66. The second-order valence-electron chi connectivity index (χ2n) is 4.47. The normalized spacial score (nSPS) is 22.3. The summed E-state index contributed by atoms with van der Waals surface area (Å²) in [5.74, 6) is 0.202. The number of azide groups is 1. The highest BCUT2D eigenvalue weighted by Gasteiger charge is 2.39. The number of ether oxygens (including phenoxy) is 3. The average molecular weight is 356 g/mol. The van der Waals surface area contributed by atoms with E-state index in [0.29, 0.717) is 12.2 Å². The molecule has 0 radical (unpaired) electrons. The van der Waals surface area contributed by atoms with Gasteiger partial charge in [0.15, 0.2) is 6.10 Å². The minimum atomic E-state index is -0.612. The highest BCUT2D eigenvalue weighted by molar-refractivity contribution is 9.10. The minimum absolute atomic E-state index is 0.125. The zero-order valence-electron chi connectivity index (χ0n) is 11.3. The molecular formula is C13H14BrN3O4. The lowest BCUT2D eigenvalue weighted by atomic mass is 10.1. The van der Waals surface area contributed by atoms with E-state index in [0.717, 1.165) is 4.47 Å². The number of nitrogens with zero attached hydrogens (tertiary/aromatic N) is 3. The number of hydrogen-bond donors (Lipinski definition) is 0. The lowest BCUT2D eigenvalue weighted by Crippen LogP contribution is -2.30. The summed E-state index contributed by atoms with van der Waals surface area (Å²) in [7, 11) is 1.44. The van der Waals surface area contributed by atoms with Crippen LogP contribution in [0.3, 0.4) is 0 Å². The average Bonchev–Trinajstić information content (AvgIpc) is 2.86. The third kappa shape index (κ3) is 4.10. The Morgan fingerprint density at radius 3 is 2.81 bits per heavy atom. The first-order valence-electron chi connectivity index (χ1n) is 6.30. The molecule has 1 heterocycles. The summed E-state index contributed by atoms with van der Waals surface area (Å²) >= 11 is 3.33. The maximum absolute atomic E-state index is 11.5. The molecule has 21 heavy (non-hydrogen) atoms. The van der Waals surface area contributed by atoms with Gasteiger partial charge in [0, 0.05) is 22.9 Å². The highest BCUT2D eigenvalue weighted by Crippen LogP contribution is 2.23. The Kier molecular flexibility index (Phi) is 5.44. The van der Waals surface area contributed by atoms with Gasteiger partial charge in [0.2, 0.25) is 0 Å². The zero-order chi connectivity index (χ0) is 15.2. The molecule has 0 amide bonds. The van der Waals surface area contributed by atoms with Gasteiger partial charge in [-0.15, -0.1) is 0 Å². The van der Waals surface area contributed by atoms with E-state index in [1.165, 1.54) is 7.11 Å². The first-order chi connectivity index (χ1) is 10.1. The molecule has 1 aromatic carbocycles. The highest BCUT2D eigenvalue weighted by atomic mass is 79.9. The molecule has 1 fully saturated rings. The number of carbonyl (C=O) groups excluding carboxylic acids is 1. The van der Waals surface area contributed by atoms with Gasteiger partial charge in [-0.05, 0) is 29.8 Å². The molecule has 0 saturated carbocycles. The third-order valence-electron chi connectivity index (χ3n) is 3.12. The molecule has 1 aliphatic heterocycles. The van der Waals surface area contributed by atoms with Crippen LogP contribution < -0.4 is 4.74 Å². The molecule has 112 valence electrons. The fourth-order valence-electron chi connectivity index (χ4n) is 2.00. The van der Waals surface area contributed by atoms with Crippen molar-refractivity contribution in [3.05, 3.63) is 39.2 Å². The molecule has 0 unspecified atom stereocenters. The molecule has 0 spiro atoms. The van der Waals surface area contributed by atoms with Crippen LogP contribution in [0.15, 0.2) is 33.9 Å². The Hall–Kier alpha value is -1.76. The van der Waals surface area contributed by atoms with Crippen LogP contribution in [-0.2, 0) is 14.3 Å². The van der Waals surface area contributed by atoms with E-state index in [1.807, 2.05) is 12.1 Å². The summed E-state index contributed by atoms with van der Waals surface area (Å²) in [6.45, 7) is 0.125. The monoisotopic (exact) mass is 355 g/mol. The second-order valence-corrected chi connectivity index (χ2v) is 5.39. The molecule has 2 rings (SSSR count). The maximum Gasteiger partial charge on any atom is 0.335 e. The standard InChI is InChI=1S/C13H14BrN3O4/c1-19-12-6-11(21-13(12)18)10(16-17-15)7-20-9-4-2-8(14)3-5-9/h2-5,10-12H,6-7H2,1H3/t10-,11-,12+/m0/s1. The van der Waals surface area contributed by atoms with Gasteiger partial charge in [0.1, 0.15) is 24.5 Å². The van der Waals surface area contributed by atoms with E-state index in [9.17, 15) is 4.79 Å². The summed E-state index contributed by atoms with van der Waals surface area (Å²) in [4.78, 5) is 14.3. The Bertz CT molecular complexity index is 545. The van der Waals surface area contributed by atoms with Gasteiger partial charge in [-0.25, -0.2) is 4.79 Å². The Morgan fingerprint density at radius 2 is 2.24 bits per heavy atom. The molecule has 3 atom stereocenters. The predicted molar refractivity (Wildman–Crippen MR) is 77.9 cm³/mol. The van der Waals surface area contributed by atoms with Crippen molar-refractivity contribution in [1.82, 2.24) is 0 Å². The predicted octanol–water partition coefficient (Wildman–Crippen LogP) is 2.84. The third-order valence-corrected chi connectivity index (χ3v) is 3.65. The van der Waals surface area contributed by atoms with Gasteiger partial charge >= 0.3 is 5.97 Å². The van der Waals surface area contributed by atoms with Crippen molar-refractivity contribution >= 4 is 21.9 Å². The fraction of sp³-hybridized carbons (Fsp3) is 0.462. The van der Waals surface area contributed by atoms with Crippen molar-refractivity contribution in [2.45, 2.75) is 24.7 Å². The minimum Gasteiger partial charge on any atom is -0.493 e. The summed E-state index contributed by atoms with van der Waals surface area (Å²) in [6.07, 6.45) is -0.796. The van der Waals surface area contributed by atoms with Crippen LogP contribution in [-0.4, -0.2) is 37.9 Å². The molecule has 0 N–H and O–H groups in total. The first kappa shape index (κ1) is 15.6. The number of cyclic esters (lactones) is 1. The Labute approximate surface area is 129 Å².